The van der Waals surface area contributed by atoms with Crippen LogP contribution >= 0.6 is 0 Å². The SMILES string of the molecule is C=CC1CC(=O)N(CC2(O)CCC2)C1. The number of nitrogens with zero attached hydrogens (tertiary/aromatic N) is 1. The van der Waals surface area contributed by atoms with Gasteiger partial charge >= 0.3 is 0 Å². The molecule has 3 nitrogen and oxygen atoms in total. The molecule has 1 atom stereocenters. The number of aliphatic hydroxyl groups is 1. The fourth-order valence-electron chi connectivity index (χ4n) is 2.21. The van der Waals surface area contributed by atoms with Crippen LogP contribution in [0.25, 0.3) is 0 Å². The molecule has 2 fully saturated rings. The van der Waals surface area contributed by atoms with E-state index in [1.807, 2.05) is 6.08 Å². The Kier molecular flexibility index (Phi) is 2.35. The van der Waals surface area contributed by atoms with Gasteiger partial charge in [-0.3, -0.25) is 4.79 Å². The van der Waals surface area contributed by atoms with Crippen LogP contribution in [0, 0.1) is 5.92 Å². The zero-order chi connectivity index (χ0) is 10.2. The summed E-state index contributed by atoms with van der Waals surface area (Å²) in [6.07, 6.45) is 5.18. The van der Waals surface area contributed by atoms with Gasteiger partial charge in [0.05, 0.1) is 5.60 Å². The molecule has 1 aliphatic carbocycles. The van der Waals surface area contributed by atoms with Crippen LogP contribution in [-0.2, 0) is 4.79 Å². The minimum atomic E-state index is -0.578. The molecule has 1 aliphatic heterocycles. The van der Waals surface area contributed by atoms with Gasteiger partial charge in [0.25, 0.3) is 0 Å². The zero-order valence-electron chi connectivity index (χ0n) is 8.41. The van der Waals surface area contributed by atoms with Crippen LogP contribution in [0.5, 0.6) is 0 Å². The molecule has 2 rings (SSSR count). The topological polar surface area (TPSA) is 40.5 Å². The summed E-state index contributed by atoms with van der Waals surface area (Å²) in [7, 11) is 0. The quantitative estimate of drug-likeness (QED) is 0.681. The van der Waals surface area contributed by atoms with Crippen LogP contribution in [-0.4, -0.2) is 34.6 Å². The lowest BCUT2D eigenvalue weighted by Crippen LogP contribution is -2.48. The van der Waals surface area contributed by atoms with Gasteiger partial charge in [-0.05, 0) is 19.3 Å². The highest BCUT2D eigenvalue weighted by Gasteiger charge is 2.39. The Morgan fingerprint density at radius 2 is 2.36 bits per heavy atom. The summed E-state index contributed by atoms with van der Waals surface area (Å²) in [4.78, 5) is 13.3. The minimum Gasteiger partial charge on any atom is -0.388 e. The molecule has 3 heteroatoms. The Bertz CT molecular complexity index is 258. The highest BCUT2D eigenvalue weighted by molar-refractivity contribution is 5.79. The summed E-state index contributed by atoms with van der Waals surface area (Å²) in [6.45, 7) is 4.97. The maximum Gasteiger partial charge on any atom is 0.223 e. The molecule has 0 aromatic rings. The third-order valence-corrected chi connectivity index (χ3v) is 3.35. The predicted octanol–water partition coefficient (Wildman–Crippen LogP) is 0.936. The number of amides is 1. The van der Waals surface area contributed by atoms with Crippen molar-refractivity contribution in [2.75, 3.05) is 13.1 Å². The molecule has 1 saturated carbocycles. The van der Waals surface area contributed by atoms with Crippen molar-refractivity contribution in [1.29, 1.82) is 0 Å². The van der Waals surface area contributed by atoms with Crippen LogP contribution in [0.15, 0.2) is 12.7 Å². The van der Waals surface area contributed by atoms with Gasteiger partial charge in [-0.1, -0.05) is 6.08 Å². The first-order valence-electron chi connectivity index (χ1n) is 5.26. The van der Waals surface area contributed by atoms with E-state index in [0.29, 0.717) is 13.0 Å². The van der Waals surface area contributed by atoms with E-state index < -0.39 is 5.60 Å². The van der Waals surface area contributed by atoms with Gasteiger partial charge in [-0.15, -0.1) is 6.58 Å². The van der Waals surface area contributed by atoms with Crippen molar-refractivity contribution >= 4 is 5.91 Å². The van der Waals surface area contributed by atoms with Crippen LogP contribution in [0.1, 0.15) is 25.7 Å². The second kappa shape index (κ2) is 3.39. The van der Waals surface area contributed by atoms with E-state index >= 15 is 0 Å². The number of rotatable bonds is 3. The number of carbonyl (C=O) groups is 1. The lowest BCUT2D eigenvalue weighted by Gasteiger charge is -2.39. The van der Waals surface area contributed by atoms with Gasteiger partial charge in [-0.25, -0.2) is 0 Å². The highest BCUT2D eigenvalue weighted by Crippen LogP contribution is 2.33. The zero-order valence-corrected chi connectivity index (χ0v) is 8.41. The first-order valence-corrected chi connectivity index (χ1v) is 5.26. The second-order valence-corrected chi connectivity index (χ2v) is 4.55. The Morgan fingerprint density at radius 1 is 1.64 bits per heavy atom. The standard InChI is InChI=1S/C11H17NO2/c1-2-9-6-10(13)12(7-9)8-11(14)4-3-5-11/h2,9,14H,1,3-8H2. The van der Waals surface area contributed by atoms with Crippen LogP contribution in [0.3, 0.4) is 0 Å². The van der Waals surface area contributed by atoms with Crippen molar-refractivity contribution in [3.63, 3.8) is 0 Å². The molecule has 1 heterocycles. The highest BCUT2D eigenvalue weighted by atomic mass is 16.3. The summed E-state index contributed by atoms with van der Waals surface area (Å²) >= 11 is 0. The van der Waals surface area contributed by atoms with Crippen LogP contribution in [0.2, 0.25) is 0 Å². The largest absolute Gasteiger partial charge is 0.388 e. The Morgan fingerprint density at radius 3 is 2.79 bits per heavy atom. The smallest absolute Gasteiger partial charge is 0.223 e. The van der Waals surface area contributed by atoms with E-state index in [1.165, 1.54) is 0 Å². The second-order valence-electron chi connectivity index (χ2n) is 4.55. The number of β-amino-alcohol motifs (C(OH)–C–C–N with tert-alkyl or cyclic N) is 1. The summed E-state index contributed by atoms with van der Waals surface area (Å²) < 4.78 is 0. The van der Waals surface area contributed by atoms with Crippen LogP contribution < -0.4 is 0 Å². The van der Waals surface area contributed by atoms with Gasteiger partial charge in [0, 0.05) is 25.4 Å². The molecular weight excluding hydrogens is 178 g/mol. The van der Waals surface area contributed by atoms with Crippen molar-refractivity contribution in [1.82, 2.24) is 4.90 Å². The van der Waals surface area contributed by atoms with Gasteiger partial charge < -0.3 is 10.0 Å². The van der Waals surface area contributed by atoms with E-state index in [0.717, 1.165) is 25.8 Å². The molecule has 1 amide bonds. The number of carbonyl (C=O) groups excluding carboxylic acids is 1. The van der Waals surface area contributed by atoms with Gasteiger partial charge in [0.15, 0.2) is 0 Å². The molecule has 78 valence electrons. The summed E-state index contributed by atoms with van der Waals surface area (Å²) in [6, 6.07) is 0. The lowest BCUT2D eigenvalue weighted by atomic mass is 9.80. The average Bonchev–Trinajstić information content (AvgIpc) is 2.45. The van der Waals surface area contributed by atoms with E-state index in [1.54, 1.807) is 4.90 Å². The summed E-state index contributed by atoms with van der Waals surface area (Å²) in [5, 5.41) is 9.93. The molecule has 14 heavy (non-hydrogen) atoms. The van der Waals surface area contributed by atoms with E-state index in [9.17, 15) is 9.90 Å². The van der Waals surface area contributed by atoms with E-state index in [2.05, 4.69) is 6.58 Å². The van der Waals surface area contributed by atoms with Crippen LogP contribution in [0.4, 0.5) is 0 Å². The van der Waals surface area contributed by atoms with Crippen molar-refractivity contribution in [3.8, 4) is 0 Å². The van der Waals surface area contributed by atoms with Gasteiger partial charge in [0.1, 0.15) is 0 Å². The first kappa shape index (κ1) is 9.71. The monoisotopic (exact) mass is 195 g/mol. The Balaban J connectivity index is 1.92. The fourth-order valence-corrected chi connectivity index (χ4v) is 2.21. The molecule has 0 radical (unpaired) electrons. The van der Waals surface area contributed by atoms with Crippen molar-refractivity contribution in [2.24, 2.45) is 5.92 Å². The lowest BCUT2D eigenvalue weighted by molar-refractivity contribution is -0.133. The number of hydrogen-bond acceptors (Lipinski definition) is 2. The maximum absolute atomic E-state index is 11.5. The third-order valence-electron chi connectivity index (χ3n) is 3.35. The average molecular weight is 195 g/mol. The van der Waals surface area contributed by atoms with Crippen molar-refractivity contribution in [2.45, 2.75) is 31.3 Å². The van der Waals surface area contributed by atoms with Gasteiger partial charge in [0.2, 0.25) is 5.91 Å². The summed E-state index contributed by atoms with van der Waals surface area (Å²) in [5.74, 6) is 0.446. The molecule has 1 N–H and O–H groups in total. The molecule has 0 bridgehead atoms. The fraction of sp³-hybridized carbons (Fsp3) is 0.727. The third kappa shape index (κ3) is 1.69. The number of hydrogen-bond donors (Lipinski definition) is 1. The molecule has 0 spiro atoms. The molecule has 1 unspecified atom stereocenters. The van der Waals surface area contributed by atoms with Crippen molar-refractivity contribution < 1.29 is 9.90 Å². The molecule has 0 aromatic heterocycles. The first-order chi connectivity index (χ1) is 6.63. The number of likely N-dealkylation sites (tertiary alicyclic amines) is 1. The molecule has 1 saturated heterocycles. The molecule has 0 aromatic carbocycles. The minimum absolute atomic E-state index is 0.162. The van der Waals surface area contributed by atoms with E-state index in [-0.39, 0.29) is 11.8 Å². The predicted molar refractivity (Wildman–Crippen MR) is 53.7 cm³/mol. The van der Waals surface area contributed by atoms with Crippen molar-refractivity contribution in [3.05, 3.63) is 12.7 Å². The summed E-state index contributed by atoms with van der Waals surface area (Å²) in [5.41, 5.74) is -0.578. The Hall–Kier alpha value is -0.830. The van der Waals surface area contributed by atoms with E-state index in [4.69, 9.17) is 0 Å². The molecule has 2 aliphatic rings. The normalized spacial score (nSPS) is 30.2. The molecular formula is C11H17NO2. The maximum atomic E-state index is 11.5. The Labute approximate surface area is 84.4 Å². The van der Waals surface area contributed by atoms with Gasteiger partial charge in [-0.2, -0.15) is 0 Å².